The van der Waals surface area contributed by atoms with E-state index in [0.29, 0.717) is 24.3 Å². The van der Waals surface area contributed by atoms with Gasteiger partial charge < -0.3 is 10.2 Å². The molecule has 2 aromatic carbocycles. The van der Waals surface area contributed by atoms with Crippen molar-refractivity contribution in [3.05, 3.63) is 59.7 Å². The van der Waals surface area contributed by atoms with Crippen LogP contribution in [0.2, 0.25) is 0 Å². The van der Waals surface area contributed by atoms with E-state index in [9.17, 15) is 18.4 Å². The van der Waals surface area contributed by atoms with E-state index in [1.165, 1.54) is 6.07 Å². The van der Waals surface area contributed by atoms with Crippen molar-refractivity contribution in [2.45, 2.75) is 12.8 Å². The summed E-state index contributed by atoms with van der Waals surface area (Å²) in [5, 5.41) is 2.62. The Hall–Kier alpha value is -2.76. The van der Waals surface area contributed by atoms with Crippen molar-refractivity contribution in [1.29, 1.82) is 0 Å². The Balaban J connectivity index is 1.78. The minimum Gasteiger partial charge on any atom is -0.322 e. The second-order valence-corrected chi connectivity index (χ2v) is 5.28. The zero-order chi connectivity index (χ0) is 16.4. The van der Waals surface area contributed by atoms with Gasteiger partial charge in [-0.1, -0.05) is 6.07 Å². The summed E-state index contributed by atoms with van der Waals surface area (Å²) in [6.07, 6.45) is 1.33. The summed E-state index contributed by atoms with van der Waals surface area (Å²) in [6, 6.07) is 9.82. The number of anilines is 2. The summed E-state index contributed by atoms with van der Waals surface area (Å²) in [7, 11) is 0. The highest BCUT2D eigenvalue weighted by molar-refractivity contribution is 6.04. The van der Waals surface area contributed by atoms with Gasteiger partial charge in [-0.05, 0) is 42.8 Å². The van der Waals surface area contributed by atoms with Gasteiger partial charge in [0.25, 0.3) is 5.91 Å². The molecule has 118 valence electrons. The van der Waals surface area contributed by atoms with Crippen molar-refractivity contribution in [3.63, 3.8) is 0 Å². The van der Waals surface area contributed by atoms with E-state index in [1.54, 1.807) is 29.2 Å². The number of carbonyl (C=O) groups is 2. The molecular formula is C17H14F2N2O2. The van der Waals surface area contributed by atoms with Crippen molar-refractivity contribution in [2.24, 2.45) is 0 Å². The predicted molar refractivity (Wildman–Crippen MR) is 82.3 cm³/mol. The largest absolute Gasteiger partial charge is 0.322 e. The molecule has 1 fully saturated rings. The predicted octanol–water partition coefficient (Wildman–Crippen LogP) is 3.34. The quantitative estimate of drug-likeness (QED) is 0.944. The first-order valence-electron chi connectivity index (χ1n) is 7.21. The molecular weight excluding hydrogens is 302 g/mol. The molecule has 0 bridgehead atoms. The van der Waals surface area contributed by atoms with Crippen LogP contribution in [0.25, 0.3) is 0 Å². The zero-order valence-corrected chi connectivity index (χ0v) is 12.2. The highest BCUT2D eigenvalue weighted by Gasteiger charge is 2.21. The molecule has 0 saturated carbocycles. The second kappa shape index (κ2) is 6.16. The van der Waals surface area contributed by atoms with Gasteiger partial charge in [0.05, 0.1) is 0 Å². The summed E-state index contributed by atoms with van der Waals surface area (Å²) in [4.78, 5) is 25.5. The lowest BCUT2D eigenvalue weighted by atomic mass is 10.2. The SMILES string of the molecule is O=C(Nc1cccc(N2CCCC2=O)c1)c1ccc(F)c(F)c1. The summed E-state index contributed by atoms with van der Waals surface area (Å²) in [5.74, 6) is -2.58. The van der Waals surface area contributed by atoms with Crippen LogP contribution in [0.3, 0.4) is 0 Å². The maximum absolute atomic E-state index is 13.2. The Labute approximate surface area is 131 Å². The maximum atomic E-state index is 13.2. The topological polar surface area (TPSA) is 49.4 Å². The van der Waals surface area contributed by atoms with Crippen LogP contribution in [-0.2, 0) is 4.79 Å². The molecule has 0 aromatic heterocycles. The van der Waals surface area contributed by atoms with Crippen LogP contribution in [-0.4, -0.2) is 18.4 Å². The van der Waals surface area contributed by atoms with E-state index in [0.717, 1.165) is 18.6 Å². The normalized spacial score (nSPS) is 14.2. The average molecular weight is 316 g/mol. The molecule has 0 spiro atoms. The first kappa shape index (κ1) is 15.1. The molecule has 2 amide bonds. The van der Waals surface area contributed by atoms with E-state index < -0.39 is 17.5 Å². The molecule has 3 rings (SSSR count). The summed E-state index contributed by atoms with van der Waals surface area (Å²) in [6.45, 7) is 0.652. The van der Waals surface area contributed by atoms with Gasteiger partial charge in [-0.15, -0.1) is 0 Å². The molecule has 1 aliphatic heterocycles. The maximum Gasteiger partial charge on any atom is 0.255 e. The van der Waals surface area contributed by atoms with Crippen LogP contribution in [0.5, 0.6) is 0 Å². The van der Waals surface area contributed by atoms with E-state index >= 15 is 0 Å². The highest BCUT2D eigenvalue weighted by Crippen LogP contribution is 2.24. The van der Waals surface area contributed by atoms with Crippen molar-refractivity contribution in [2.75, 3.05) is 16.8 Å². The van der Waals surface area contributed by atoms with Gasteiger partial charge in [-0.25, -0.2) is 8.78 Å². The molecule has 0 radical (unpaired) electrons. The summed E-state index contributed by atoms with van der Waals surface area (Å²) >= 11 is 0. The minimum atomic E-state index is -1.07. The number of benzene rings is 2. The smallest absolute Gasteiger partial charge is 0.255 e. The standard InChI is InChI=1S/C17H14F2N2O2/c18-14-7-6-11(9-15(14)19)17(23)20-12-3-1-4-13(10-12)21-8-2-5-16(21)22/h1,3-4,6-7,9-10H,2,5,8H2,(H,20,23). The lowest BCUT2D eigenvalue weighted by Gasteiger charge is -2.16. The molecule has 0 atom stereocenters. The van der Waals surface area contributed by atoms with Crippen LogP contribution < -0.4 is 10.2 Å². The second-order valence-electron chi connectivity index (χ2n) is 5.28. The Bertz CT molecular complexity index is 777. The Morgan fingerprint density at radius 2 is 1.91 bits per heavy atom. The summed E-state index contributed by atoms with van der Waals surface area (Å²) < 4.78 is 26.1. The van der Waals surface area contributed by atoms with Crippen LogP contribution in [0.1, 0.15) is 23.2 Å². The molecule has 1 heterocycles. The molecule has 0 aliphatic carbocycles. The average Bonchev–Trinajstić information content (AvgIpc) is 2.96. The molecule has 4 nitrogen and oxygen atoms in total. The van der Waals surface area contributed by atoms with Crippen LogP contribution in [0.15, 0.2) is 42.5 Å². The number of amides is 2. The van der Waals surface area contributed by atoms with Crippen molar-refractivity contribution >= 4 is 23.2 Å². The number of carbonyl (C=O) groups excluding carboxylic acids is 2. The first-order valence-corrected chi connectivity index (χ1v) is 7.21. The van der Waals surface area contributed by atoms with Crippen molar-refractivity contribution < 1.29 is 18.4 Å². The fraction of sp³-hybridized carbons (Fsp3) is 0.176. The van der Waals surface area contributed by atoms with Crippen LogP contribution >= 0.6 is 0 Å². The van der Waals surface area contributed by atoms with E-state index in [4.69, 9.17) is 0 Å². The molecule has 2 aromatic rings. The number of nitrogens with one attached hydrogen (secondary N) is 1. The van der Waals surface area contributed by atoms with Gasteiger partial charge in [0.2, 0.25) is 5.91 Å². The van der Waals surface area contributed by atoms with Gasteiger partial charge in [0, 0.05) is 29.9 Å². The Morgan fingerprint density at radius 3 is 2.61 bits per heavy atom. The van der Waals surface area contributed by atoms with Crippen LogP contribution in [0.4, 0.5) is 20.2 Å². The van der Waals surface area contributed by atoms with Crippen LogP contribution in [0, 0.1) is 11.6 Å². The molecule has 0 unspecified atom stereocenters. The Morgan fingerprint density at radius 1 is 1.09 bits per heavy atom. The van der Waals surface area contributed by atoms with Crippen molar-refractivity contribution in [3.8, 4) is 0 Å². The molecule has 1 aliphatic rings. The highest BCUT2D eigenvalue weighted by atomic mass is 19.2. The Kier molecular flexibility index (Phi) is 4.06. The fourth-order valence-corrected chi connectivity index (χ4v) is 2.51. The third-order valence-electron chi connectivity index (χ3n) is 3.67. The van der Waals surface area contributed by atoms with Gasteiger partial charge in [-0.2, -0.15) is 0 Å². The lowest BCUT2D eigenvalue weighted by molar-refractivity contribution is -0.117. The van der Waals surface area contributed by atoms with E-state index in [1.807, 2.05) is 0 Å². The van der Waals surface area contributed by atoms with Gasteiger partial charge >= 0.3 is 0 Å². The van der Waals surface area contributed by atoms with Gasteiger partial charge in [0.1, 0.15) is 0 Å². The third-order valence-corrected chi connectivity index (χ3v) is 3.67. The monoisotopic (exact) mass is 316 g/mol. The minimum absolute atomic E-state index is 0.0200. The summed E-state index contributed by atoms with van der Waals surface area (Å²) in [5.41, 5.74) is 1.21. The molecule has 1 saturated heterocycles. The zero-order valence-electron chi connectivity index (χ0n) is 12.2. The number of nitrogens with zero attached hydrogens (tertiary/aromatic N) is 1. The molecule has 6 heteroatoms. The fourth-order valence-electron chi connectivity index (χ4n) is 2.51. The van der Waals surface area contributed by atoms with Gasteiger partial charge in [0.15, 0.2) is 11.6 Å². The molecule has 23 heavy (non-hydrogen) atoms. The van der Waals surface area contributed by atoms with Gasteiger partial charge in [-0.3, -0.25) is 9.59 Å². The number of hydrogen-bond donors (Lipinski definition) is 1. The van der Waals surface area contributed by atoms with E-state index in [2.05, 4.69) is 5.32 Å². The first-order chi connectivity index (χ1) is 11.0. The lowest BCUT2D eigenvalue weighted by Crippen LogP contribution is -2.23. The number of hydrogen-bond acceptors (Lipinski definition) is 2. The number of halogens is 2. The third kappa shape index (κ3) is 3.21. The molecule has 1 N–H and O–H groups in total. The van der Waals surface area contributed by atoms with Crippen molar-refractivity contribution in [1.82, 2.24) is 0 Å². The number of rotatable bonds is 3. The van der Waals surface area contributed by atoms with E-state index in [-0.39, 0.29) is 11.5 Å².